The Kier molecular flexibility index (Phi) is 9.04. The summed E-state index contributed by atoms with van der Waals surface area (Å²) in [5.41, 5.74) is 2.20. The Morgan fingerprint density at radius 2 is 1.52 bits per heavy atom. The second kappa shape index (κ2) is 12.2. The number of amides is 2. The van der Waals surface area contributed by atoms with Gasteiger partial charge in [-0.05, 0) is 42.2 Å². The Labute approximate surface area is 196 Å². The number of nitrogens with zero attached hydrogens (tertiary/aromatic N) is 1. The van der Waals surface area contributed by atoms with E-state index in [4.69, 9.17) is 4.74 Å². The molecule has 2 aromatic carbocycles. The highest BCUT2D eigenvalue weighted by Crippen LogP contribution is 2.21. The summed E-state index contributed by atoms with van der Waals surface area (Å²) < 4.78 is 5.31. The van der Waals surface area contributed by atoms with E-state index in [2.05, 4.69) is 29.6 Å². The Bertz CT molecular complexity index is 906. The zero-order valence-electron chi connectivity index (χ0n) is 19.5. The maximum atomic E-state index is 12.6. The molecule has 2 amide bonds. The predicted molar refractivity (Wildman–Crippen MR) is 127 cm³/mol. The van der Waals surface area contributed by atoms with Crippen molar-refractivity contribution in [1.82, 2.24) is 10.2 Å². The van der Waals surface area contributed by atoms with Crippen LogP contribution in [0.2, 0.25) is 0 Å². The molecule has 1 aliphatic rings. The minimum Gasteiger partial charge on any atom is -0.454 e. The lowest BCUT2D eigenvalue weighted by atomic mass is 9.90. The first-order chi connectivity index (χ1) is 15.9. The second-order valence-electron chi connectivity index (χ2n) is 9.07. The lowest BCUT2D eigenvalue weighted by molar-refractivity contribution is -0.156. The third-order valence-corrected chi connectivity index (χ3v) is 6.12. The SMILES string of the molecule is CC(C)C(NC(=O)Cc1ccccc1)C(=O)OCC(=O)N1CCC(Cc2ccccc2)CC1. The summed E-state index contributed by atoms with van der Waals surface area (Å²) in [5.74, 6) is -0.591. The molecule has 0 bridgehead atoms. The van der Waals surface area contributed by atoms with Crippen LogP contribution in [0.4, 0.5) is 0 Å². The predicted octanol–water partition coefficient (Wildman–Crippen LogP) is 3.39. The fourth-order valence-electron chi connectivity index (χ4n) is 4.15. The second-order valence-corrected chi connectivity index (χ2v) is 9.07. The first-order valence-electron chi connectivity index (χ1n) is 11.7. The summed E-state index contributed by atoms with van der Waals surface area (Å²) in [4.78, 5) is 39.3. The number of piperidine rings is 1. The number of carbonyl (C=O) groups is 3. The largest absolute Gasteiger partial charge is 0.454 e. The van der Waals surface area contributed by atoms with Gasteiger partial charge in [-0.2, -0.15) is 0 Å². The van der Waals surface area contributed by atoms with E-state index in [9.17, 15) is 14.4 Å². The fourth-order valence-corrected chi connectivity index (χ4v) is 4.15. The van der Waals surface area contributed by atoms with Crippen molar-refractivity contribution >= 4 is 17.8 Å². The summed E-state index contributed by atoms with van der Waals surface area (Å²) in [5, 5.41) is 2.76. The lowest BCUT2D eigenvalue weighted by Crippen LogP contribution is -2.47. The summed E-state index contributed by atoms with van der Waals surface area (Å²) in [6.07, 6.45) is 3.10. The number of carbonyl (C=O) groups excluding carboxylic acids is 3. The van der Waals surface area contributed by atoms with Gasteiger partial charge in [0.05, 0.1) is 6.42 Å². The summed E-state index contributed by atoms with van der Waals surface area (Å²) in [7, 11) is 0. The van der Waals surface area contributed by atoms with Gasteiger partial charge in [-0.15, -0.1) is 0 Å². The Hall–Kier alpha value is -3.15. The highest BCUT2D eigenvalue weighted by atomic mass is 16.5. The van der Waals surface area contributed by atoms with Gasteiger partial charge >= 0.3 is 5.97 Å². The Balaban J connectivity index is 1.42. The molecule has 33 heavy (non-hydrogen) atoms. The van der Waals surface area contributed by atoms with Crippen molar-refractivity contribution in [3.05, 3.63) is 71.8 Å². The van der Waals surface area contributed by atoms with Crippen LogP contribution in [0.1, 0.15) is 37.8 Å². The van der Waals surface area contributed by atoms with Crippen LogP contribution < -0.4 is 5.32 Å². The lowest BCUT2D eigenvalue weighted by Gasteiger charge is -2.32. The van der Waals surface area contributed by atoms with Crippen LogP contribution in [0, 0.1) is 11.8 Å². The van der Waals surface area contributed by atoms with Gasteiger partial charge in [0.25, 0.3) is 5.91 Å². The van der Waals surface area contributed by atoms with Crippen molar-refractivity contribution in [3.8, 4) is 0 Å². The van der Waals surface area contributed by atoms with Gasteiger partial charge < -0.3 is 15.0 Å². The van der Waals surface area contributed by atoms with Gasteiger partial charge in [-0.1, -0.05) is 74.5 Å². The molecule has 0 saturated carbocycles. The molecule has 176 valence electrons. The molecule has 6 heteroatoms. The number of hydrogen-bond acceptors (Lipinski definition) is 4. The topological polar surface area (TPSA) is 75.7 Å². The summed E-state index contributed by atoms with van der Waals surface area (Å²) in [6, 6.07) is 19.0. The zero-order valence-corrected chi connectivity index (χ0v) is 19.5. The van der Waals surface area contributed by atoms with Crippen LogP contribution >= 0.6 is 0 Å². The van der Waals surface area contributed by atoms with Crippen molar-refractivity contribution in [1.29, 1.82) is 0 Å². The molecule has 3 rings (SSSR count). The standard InChI is InChI=1S/C27H34N2O4/c1-20(2)26(28-24(30)18-22-11-7-4-8-12-22)27(32)33-19-25(31)29-15-13-23(14-16-29)17-21-9-5-3-6-10-21/h3-12,20,23,26H,13-19H2,1-2H3,(H,28,30). The van der Waals surface area contributed by atoms with Crippen molar-refractivity contribution in [2.45, 2.75) is 45.6 Å². The maximum Gasteiger partial charge on any atom is 0.329 e. The molecule has 0 spiro atoms. The normalized spacial score (nSPS) is 15.2. The van der Waals surface area contributed by atoms with Crippen molar-refractivity contribution in [2.24, 2.45) is 11.8 Å². The van der Waals surface area contributed by atoms with Crippen molar-refractivity contribution < 1.29 is 19.1 Å². The molecule has 1 heterocycles. The van der Waals surface area contributed by atoms with Crippen molar-refractivity contribution in [3.63, 3.8) is 0 Å². The Morgan fingerprint density at radius 1 is 0.939 bits per heavy atom. The van der Waals surface area contributed by atoms with Crippen LogP contribution in [-0.2, 0) is 32.0 Å². The number of esters is 1. The van der Waals surface area contributed by atoms with Crippen LogP contribution in [0.3, 0.4) is 0 Å². The van der Waals surface area contributed by atoms with Gasteiger partial charge in [0.15, 0.2) is 6.61 Å². The van der Waals surface area contributed by atoms with E-state index in [-0.39, 0.29) is 30.8 Å². The average Bonchev–Trinajstić information content (AvgIpc) is 2.82. The molecule has 1 N–H and O–H groups in total. The third-order valence-electron chi connectivity index (χ3n) is 6.12. The van der Waals surface area contributed by atoms with Crippen LogP contribution in [-0.4, -0.2) is 48.4 Å². The van der Waals surface area contributed by atoms with Crippen LogP contribution in [0.5, 0.6) is 0 Å². The van der Waals surface area contributed by atoms with Gasteiger partial charge in [0.1, 0.15) is 6.04 Å². The van der Waals surface area contributed by atoms with Crippen molar-refractivity contribution in [2.75, 3.05) is 19.7 Å². The molecule has 2 aromatic rings. The molecule has 1 aliphatic heterocycles. The molecular weight excluding hydrogens is 416 g/mol. The van der Waals surface area contributed by atoms with E-state index in [0.29, 0.717) is 19.0 Å². The number of hydrogen-bond donors (Lipinski definition) is 1. The minimum absolute atomic E-state index is 0.152. The quantitative estimate of drug-likeness (QED) is 0.594. The van der Waals surface area contributed by atoms with Gasteiger partial charge in [0, 0.05) is 13.1 Å². The molecule has 0 aromatic heterocycles. The average molecular weight is 451 g/mol. The number of nitrogens with one attached hydrogen (secondary N) is 1. The maximum absolute atomic E-state index is 12.6. The van der Waals surface area contributed by atoms with Gasteiger partial charge in [0.2, 0.25) is 5.91 Å². The van der Waals surface area contributed by atoms with E-state index < -0.39 is 12.0 Å². The molecule has 0 aliphatic carbocycles. The number of ether oxygens (including phenoxy) is 1. The highest BCUT2D eigenvalue weighted by Gasteiger charge is 2.28. The zero-order chi connectivity index (χ0) is 23.6. The smallest absolute Gasteiger partial charge is 0.329 e. The molecule has 6 nitrogen and oxygen atoms in total. The van der Waals surface area contributed by atoms with Crippen LogP contribution in [0.25, 0.3) is 0 Å². The summed E-state index contributed by atoms with van der Waals surface area (Å²) in [6.45, 7) is 4.74. The van der Waals surface area contributed by atoms with E-state index >= 15 is 0 Å². The van der Waals surface area contributed by atoms with E-state index in [0.717, 1.165) is 24.8 Å². The Morgan fingerprint density at radius 3 is 2.09 bits per heavy atom. The third kappa shape index (κ3) is 7.74. The molecule has 1 atom stereocenters. The minimum atomic E-state index is -0.786. The van der Waals surface area contributed by atoms with Gasteiger partial charge in [-0.3, -0.25) is 9.59 Å². The molecular formula is C27H34N2O4. The molecule has 0 radical (unpaired) electrons. The summed E-state index contributed by atoms with van der Waals surface area (Å²) >= 11 is 0. The highest BCUT2D eigenvalue weighted by molar-refractivity contribution is 5.87. The molecule has 1 saturated heterocycles. The van der Waals surface area contributed by atoms with E-state index in [1.54, 1.807) is 4.90 Å². The number of rotatable bonds is 9. The van der Waals surface area contributed by atoms with E-state index in [1.165, 1.54) is 5.56 Å². The van der Waals surface area contributed by atoms with Gasteiger partial charge in [-0.25, -0.2) is 4.79 Å². The first kappa shape index (κ1) is 24.5. The molecule has 1 unspecified atom stereocenters. The molecule has 1 fully saturated rings. The number of benzene rings is 2. The van der Waals surface area contributed by atoms with E-state index in [1.807, 2.05) is 50.2 Å². The van der Waals surface area contributed by atoms with Crippen LogP contribution in [0.15, 0.2) is 60.7 Å². The monoisotopic (exact) mass is 450 g/mol. The fraction of sp³-hybridized carbons (Fsp3) is 0.444. The first-order valence-corrected chi connectivity index (χ1v) is 11.7. The number of likely N-dealkylation sites (tertiary alicyclic amines) is 1.